The Kier molecular flexibility index (Phi) is 3.54. The Morgan fingerprint density at radius 3 is 2.62 bits per heavy atom. The van der Waals surface area contributed by atoms with Crippen LogP contribution in [0.4, 0.5) is 5.69 Å². The average molecular weight is 308 g/mol. The first-order chi connectivity index (χ1) is 9.88. The Morgan fingerprint density at radius 1 is 1.29 bits per heavy atom. The van der Waals surface area contributed by atoms with E-state index in [2.05, 4.69) is 5.32 Å². The van der Waals surface area contributed by atoms with Gasteiger partial charge in [0.1, 0.15) is 0 Å². The van der Waals surface area contributed by atoms with Gasteiger partial charge in [0.25, 0.3) is 0 Å². The van der Waals surface area contributed by atoms with Crippen molar-refractivity contribution in [1.29, 1.82) is 0 Å². The van der Waals surface area contributed by atoms with E-state index in [0.29, 0.717) is 22.7 Å². The van der Waals surface area contributed by atoms with Gasteiger partial charge in [-0.25, -0.2) is 0 Å². The van der Waals surface area contributed by atoms with Crippen LogP contribution in [0.2, 0.25) is 5.02 Å². The molecule has 0 aromatic heterocycles. The minimum atomic E-state index is -0.194. The summed E-state index contributed by atoms with van der Waals surface area (Å²) in [5.74, 6) is -0.103. The molecule has 1 saturated heterocycles. The Bertz CT molecular complexity index is 628. The molecule has 1 aromatic carbocycles. The van der Waals surface area contributed by atoms with E-state index in [9.17, 15) is 9.59 Å². The molecule has 1 aromatic rings. The molecule has 1 N–H and O–H groups in total. The van der Waals surface area contributed by atoms with Gasteiger partial charge in [-0.05, 0) is 37.5 Å². The number of Topliss-reactive ketones (excluding diaryl/α,β-unsaturated/α-hetero) is 1. The van der Waals surface area contributed by atoms with Crippen molar-refractivity contribution in [1.82, 2.24) is 0 Å². The van der Waals surface area contributed by atoms with Gasteiger partial charge < -0.3 is 10.1 Å². The maximum atomic E-state index is 12.8. The Hall–Kier alpha value is -1.39. The molecule has 0 bridgehead atoms. The van der Waals surface area contributed by atoms with Crippen molar-refractivity contribution in [2.45, 2.75) is 39.4 Å². The zero-order valence-electron chi connectivity index (χ0n) is 12.3. The van der Waals surface area contributed by atoms with Crippen molar-refractivity contribution in [3.05, 3.63) is 28.3 Å². The molecule has 5 heteroatoms. The van der Waals surface area contributed by atoms with Crippen LogP contribution in [0.15, 0.2) is 12.1 Å². The van der Waals surface area contributed by atoms with Crippen molar-refractivity contribution in [2.75, 3.05) is 5.32 Å². The number of nitrogens with one attached hydrogen (secondary N) is 1. The van der Waals surface area contributed by atoms with Gasteiger partial charge in [-0.1, -0.05) is 18.5 Å². The first-order valence-corrected chi connectivity index (χ1v) is 7.58. The Labute approximate surface area is 128 Å². The fourth-order valence-corrected chi connectivity index (χ4v) is 3.59. The van der Waals surface area contributed by atoms with Gasteiger partial charge in [-0.3, -0.25) is 9.59 Å². The van der Waals surface area contributed by atoms with Crippen LogP contribution in [-0.4, -0.2) is 23.9 Å². The van der Waals surface area contributed by atoms with Gasteiger partial charge >= 0.3 is 0 Å². The van der Waals surface area contributed by atoms with Gasteiger partial charge in [0.05, 0.1) is 29.6 Å². The van der Waals surface area contributed by atoms with Crippen molar-refractivity contribution in [2.24, 2.45) is 11.8 Å². The molecule has 4 nitrogen and oxygen atoms in total. The lowest BCUT2D eigenvalue weighted by molar-refractivity contribution is -0.115. The molecule has 0 radical (unpaired) electrons. The number of ketones is 1. The van der Waals surface area contributed by atoms with Gasteiger partial charge in [-0.2, -0.15) is 0 Å². The number of hydrogen-bond donors (Lipinski definition) is 1. The number of halogens is 1. The molecule has 2 aliphatic heterocycles. The summed E-state index contributed by atoms with van der Waals surface area (Å²) in [6, 6.07) is 3.42. The molecule has 0 aliphatic carbocycles. The molecule has 3 rings (SSSR count). The fraction of sp³-hybridized carbons (Fsp3) is 0.500. The van der Waals surface area contributed by atoms with Gasteiger partial charge in [0.15, 0.2) is 5.78 Å². The maximum absolute atomic E-state index is 12.8. The number of hydrogen-bond acceptors (Lipinski definition) is 3. The summed E-state index contributed by atoms with van der Waals surface area (Å²) in [4.78, 5) is 24.3. The molecular formula is C16H18ClNO3. The summed E-state index contributed by atoms with van der Waals surface area (Å²) in [5, 5.41) is 3.13. The number of anilines is 1. The van der Waals surface area contributed by atoms with E-state index in [-0.39, 0.29) is 35.7 Å². The highest BCUT2D eigenvalue weighted by atomic mass is 35.5. The van der Waals surface area contributed by atoms with Crippen molar-refractivity contribution in [3.63, 3.8) is 0 Å². The van der Waals surface area contributed by atoms with E-state index in [1.807, 2.05) is 20.8 Å². The molecule has 1 fully saturated rings. The first kappa shape index (κ1) is 14.5. The second-order valence-corrected chi connectivity index (χ2v) is 6.42. The van der Waals surface area contributed by atoms with Crippen LogP contribution in [0.25, 0.3) is 0 Å². The Morgan fingerprint density at radius 2 is 2.00 bits per heavy atom. The van der Waals surface area contributed by atoms with E-state index in [4.69, 9.17) is 16.3 Å². The van der Waals surface area contributed by atoms with E-state index < -0.39 is 0 Å². The van der Waals surface area contributed by atoms with Crippen LogP contribution in [0, 0.1) is 11.8 Å². The summed E-state index contributed by atoms with van der Waals surface area (Å²) in [6.07, 6.45) is 0.243. The van der Waals surface area contributed by atoms with Crippen molar-refractivity contribution in [3.8, 4) is 0 Å². The molecule has 2 aliphatic rings. The predicted molar refractivity (Wildman–Crippen MR) is 80.8 cm³/mol. The van der Waals surface area contributed by atoms with Crippen LogP contribution in [0.1, 0.15) is 36.7 Å². The summed E-state index contributed by atoms with van der Waals surface area (Å²) >= 11 is 6.25. The van der Waals surface area contributed by atoms with E-state index in [1.54, 1.807) is 12.1 Å². The zero-order valence-corrected chi connectivity index (χ0v) is 13.0. The van der Waals surface area contributed by atoms with Crippen LogP contribution in [0.3, 0.4) is 0 Å². The van der Waals surface area contributed by atoms with Crippen LogP contribution in [0.5, 0.6) is 0 Å². The smallest absolute Gasteiger partial charge is 0.228 e. The normalized spacial score (nSPS) is 31.1. The lowest BCUT2D eigenvalue weighted by atomic mass is 9.83. The number of ether oxygens (including phenoxy) is 1. The highest BCUT2D eigenvalue weighted by Gasteiger charge is 2.42. The second kappa shape index (κ2) is 5.11. The molecule has 21 heavy (non-hydrogen) atoms. The zero-order chi connectivity index (χ0) is 15.3. The summed E-state index contributed by atoms with van der Waals surface area (Å²) in [5.41, 5.74) is 2.03. The minimum Gasteiger partial charge on any atom is -0.374 e. The van der Waals surface area contributed by atoms with Gasteiger partial charge in [0, 0.05) is 11.3 Å². The molecule has 112 valence electrons. The first-order valence-electron chi connectivity index (χ1n) is 7.20. The van der Waals surface area contributed by atoms with Crippen molar-refractivity contribution < 1.29 is 14.3 Å². The highest BCUT2D eigenvalue weighted by molar-refractivity contribution is 6.34. The number of carbonyl (C=O) groups excluding carboxylic acids is 2. The number of fused-ring (bicyclic) bond motifs is 1. The summed E-state index contributed by atoms with van der Waals surface area (Å²) in [6.45, 7) is 5.94. The third kappa shape index (κ3) is 2.36. The van der Waals surface area contributed by atoms with Crippen molar-refractivity contribution >= 4 is 29.0 Å². The van der Waals surface area contributed by atoms with E-state index >= 15 is 0 Å². The fourth-order valence-electron chi connectivity index (χ4n) is 3.34. The Balaban J connectivity index is 1.96. The number of benzene rings is 1. The SMILES string of the molecule is CC1OC(C)C(C(=O)c2cc3c(cc2Cl)NC(=O)C3)C1C. The molecule has 0 saturated carbocycles. The largest absolute Gasteiger partial charge is 0.374 e. The quantitative estimate of drug-likeness (QED) is 0.854. The molecule has 0 spiro atoms. The van der Waals surface area contributed by atoms with E-state index in [1.165, 1.54) is 0 Å². The summed E-state index contributed by atoms with van der Waals surface area (Å²) < 4.78 is 5.75. The molecule has 2 heterocycles. The highest BCUT2D eigenvalue weighted by Crippen LogP contribution is 2.37. The lowest BCUT2D eigenvalue weighted by Gasteiger charge is -2.18. The van der Waals surface area contributed by atoms with Crippen LogP contribution in [-0.2, 0) is 16.0 Å². The third-order valence-corrected chi connectivity index (χ3v) is 4.94. The maximum Gasteiger partial charge on any atom is 0.228 e. The number of rotatable bonds is 2. The van der Waals surface area contributed by atoms with Crippen LogP contribution < -0.4 is 5.32 Å². The average Bonchev–Trinajstić information content (AvgIpc) is 2.87. The summed E-state index contributed by atoms with van der Waals surface area (Å²) in [7, 11) is 0. The molecular weight excluding hydrogens is 290 g/mol. The molecule has 4 unspecified atom stereocenters. The molecule has 1 amide bonds. The monoisotopic (exact) mass is 307 g/mol. The second-order valence-electron chi connectivity index (χ2n) is 6.01. The lowest BCUT2D eigenvalue weighted by Crippen LogP contribution is -2.27. The van der Waals surface area contributed by atoms with Crippen LogP contribution >= 0.6 is 11.6 Å². The minimum absolute atomic E-state index is 0.00602. The number of carbonyl (C=O) groups is 2. The van der Waals surface area contributed by atoms with Gasteiger partial charge in [-0.15, -0.1) is 0 Å². The standard InChI is InChI=1S/C16H18ClNO3/c1-7-8(2)21-9(3)15(7)16(20)11-4-10-5-14(19)18-13(10)6-12(11)17/h4,6-9,15H,5H2,1-3H3,(H,18,19). The predicted octanol–water partition coefficient (Wildman–Crippen LogP) is 3.08. The third-order valence-electron chi connectivity index (χ3n) is 4.63. The topological polar surface area (TPSA) is 55.4 Å². The van der Waals surface area contributed by atoms with E-state index in [0.717, 1.165) is 5.56 Å². The number of amides is 1. The van der Waals surface area contributed by atoms with Gasteiger partial charge in [0.2, 0.25) is 5.91 Å². The molecule has 4 atom stereocenters.